The van der Waals surface area contributed by atoms with Gasteiger partial charge in [-0.05, 0) is 48.4 Å². The summed E-state index contributed by atoms with van der Waals surface area (Å²) in [7, 11) is 0. The minimum Gasteiger partial charge on any atom is -0.494 e. The van der Waals surface area contributed by atoms with E-state index in [1.807, 2.05) is 0 Å². The molecule has 0 spiro atoms. The lowest BCUT2D eigenvalue weighted by atomic mass is 10.1. The van der Waals surface area contributed by atoms with E-state index >= 15 is 0 Å². The molecule has 1 amide bonds. The molecule has 2 aromatic heterocycles. The van der Waals surface area contributed by atoms with Gasteiger partial charge in [-0.25, -0.2) is 9.67 Å². The van der Waals surface area contributed by atoms with Gasteiger partial charge in [-0.1, -0.05) is 25.5 Å². The van der Waals surface area contributed by atoms with Crippen molar-refractivity contribution in [2.24, 2.45) is 0 Å². The second-order valence-corrected chi connectivity index (χ2v) is 8.46. The summed E-state index contributed by atoms with van der Waals surface area (Å²) in [6, 6.07) is 11.7. The average Bonchev–Trinajstić information content (AvgIpc) is 3.29. The first-order valence-corrected chi connectivity index (χ1v) is 11.8. The van der Waals surface area contributed by atoms with Crippen LogP contribution in [0.25, 0.3) is 11.0 Å². The Bertz CT molecular complexity index is 1430. The molecule has 2 aromatic carbocycles. The molecule has 0 aliphatic heterocycles. The molecule has 0 bridgehead atoms. The first-order valence-electron chi connectivity index (χ1n) is 11.8. The number of nitrogens with one attached hydrogen (secondary N) is 1. The van der Waals surface area contributed by atoms with Crippen LogP contribution in [-0.4, -0.2) is 38.4 Å². The molecule has 0 saturated carbocycles. The number of carbonyl (C=O) groups excluding carboxylic acids is 1. The lowest BCUT2D eigenvalue weighted by Crippen LogP contribution is -2.27. The Morgan fingerprint density at radius 1 is 1.14 bits per heavy atom. The van der Waals surface area contributed by atoms with Gasteiger partial charge >= 0.3 is 6.18 Å². The van der Waals surface area contributed by atoms with E-state index in [4.69, 9.17) is 4.74 Å². The van der Waals surface area contributed by atoms with Crippen molar-refractivity contribution in [1.29, 1.82) is 0 Å². The van der Waals surface area contributed by atoms with E-state index in [0.717, 1.165) is 25.0 Å². The van der Waals surface area contributed by atoms with Crippen molar-refractivity contribution in [3.8, 4) is 5.75 Å². The zero-order chi connectivity index (χ0) is 26.4. The fourth-order valence-electron chi connectivity index (χ4n) is 3.73. The van der Waals surface area contributed by atoms with Crippen molar-refractivity contribution < 1.29 is 22.7 Å². The van der Waals surface area contributed by atoms with Crippen LogP contribution in [0, 0.1) is 0 Å². The molecular formula is C26H26F3N5O3. The first kappa shape index (κ1) is 25.9. The fraction of sp³-hybridized carbons (Fsp3) is 0.308. The third-order valence-electron chi connectivity index (χ3n) is 5.72. The minimum absolute atomic E-state index is 0.0602. The van der Waals surface area contributed by atoms with Crippen molar-refractivity contribution in [1.82, 2.24) is 24.6 Å². The minimum atomic E-state index is -4.47. The lowest BCUT2D eigenvalue weighted by molar-refractivity contribution is -0.137. The van der Waals surface area contributed by atoms with Gasteiger partial charge in [-0.15, -0.1) is 0 Å². The Hall–Kier alpha value is -4.15. The van der Waals surface area contributed by atoms with Gasteiger partial charge in [-0.3, -0.25) is 14.2 Å². The van der Waals surface area contributed by atoms with Crippen LogP contribution in [0.5, 0.6) is 5.75 Å². The third-order valence-corrected chi connectivity index (χ3v) is 5.72. The Balaban J connectivity index is 1.38. The lowest BCUT2D eigenvalue weighted by Gasteiger charge is -2.10. The maximum absolute atomic E-state index is 13.0. The molecule has 0 aliphatic rings. The van der Waals surface area contributed by atoms with E-state index in [0.29, 0.717) is 29.1 Å². The largest absolute Gasteiger partial charge is 0.494 e. The number of benzene rings is 2. The van der Waals surface area contributed by atoms with Crippen LogP contribution in [0.4, 0.5) is 13.2 Å². The number of hydrogen-bond donors (Lipinski definition) is 1. The summed E-state index contributed by atoms with van der Waals surface area (Å²) in [5, 5.41) is 7.23. The first-order chi connectivity index (χ1) is 17.8. The van der Waals surface area contributed by atoms with Crippen molar-refractivity contribution >= 4 is 16.9 Å². The SMILES string of the molecule is CCCCOc1ccc(C(=O)NCCn2ncc3c(=O)n(Cc4cccc(C(F)(F)F)c4)cnc32)cc1. The number of carbonyl (C=O) groups is 1. The Morgan fingerprint density at radius 3 is 2.65 bits per heavy atom. The molecule has 0 unspecified atom stereocenters. The zero-order valence-electron chi connectivity index (χ0n) is 20.2. The summed E-state index contributed by atoms with van der Waals surface area (Å²) in [6.07, 6.45) is 0.185. The van der Waals surface area contributed by atoms with Gasteiger partial charge < -0.3 is 10.1 Å². The number of fused-ring (bicyclic) bond motifs is 1. The number of nitrogens with zero attached hydrogens (tertiary/aromatic N) is 4. The highest BCUT2D eigenvalue weighted by molar-refractivity contribution is 5.94. The van der Waals surface area contributed by atoms with E-state index in [9.17, 15) is 22.8 Å². The molecule has 194 valence electrons. The molecule has 0 aliphatic carbocycles. The monoisotopic (exact) mass is 513 g/mol. The molecule has 8 nitrogen and oxygen atoms in total. The molecule has 1 N–H and O–H groups in total. The van der Waals surface area contributed by atoms with E-state index in [2.05, 4.69) is 22.3 Å². The number of hydrogen-bond acceptors (Lipinski definition) is 5. The molecule has 0 radical (unpaired) electrons. The standard InChI is InChI=1S/C26H26F3N5O3/c1-2-3-13-37-21-9-7-19(8-10-21)24(35)30-11-12-34-23-22(15-32-34)25(36)33(17-31-23)16-18-5-4-6-20(14-18)26(27,28)29/h4-10,14-15,17H,2-3,11-13,16H2,1H3,(H,30,35). The smallest absolute Gasteiger partial charge is 0.416 e. The van der Waals surface area contributed by atoms with E-state index in [1.54, 1.807) is 24.3 Å². The van der Waals surface area contributed by atoms with Crippen molar-refractivity contribution in [2.45, 2.75) is 39.0 Å². The topological polar surface area (TPSA) is 91.0 Å². The summed E-state index contributed by atoms with van der Waals surface area (Å²) >= 11 is 0. The Labute approximate surface area is 210 Å². The number of halogens is 3. The second kappa shape index (κ2) is 11.3. The van der Waals surface area contributed by atoms with Crippen molar-refractivity contribution in [3.63, 3.8) is 0 Å². The van der Waals surface area contributed by atoms with Gasteiger partial charge in [0.1, 0.15) is 17.5 Å². The van der Waals surface area contributed by atoms with E-state index < -0.39 is 17.3 Å². The van der Waals surface area contributed by atoms with E-state index in [-0.39, 0.29) is 30.9 Å². The highest BCUT2D eigenvalue weighted by Crippen LogP contribution is 2.29. The van der Waals surface area contributed by atoms with Gasteiger partial charge in [0.05, 0.1) is 31.5 Å². The molecular weight excluding hydrogens is 487 g/mol. The zero-order valence-corrected chi connectivity index (χ0v) is 20.2. The summed E-state index contributed by atoms with van der Waals surface area (Å²) in [5.41, 5.74) is -0.0530. The van der Waals surface area contributed by atoms with Crippen LogP contribution in [0.2, 0.25) is 0 Å². The summed E-state index contributed by atoms with van der Waals surface area (Å²) in [4.78, 5) is 29.6. The maximum Gasteiger partial charge on any atom is 0.416 e. The predicted molar refractivity (Wildman–Crippen MR) is 132 cm³/mol. The van der Waals surface area contributed by atoms with E-state index in [1.165, 1.54) is 33.9 Å². The number of aromatic nitrogens is 4. The number of ether oxygens (including phenoxy) is 1. The highest BCUT2D eigenvalue weighted by atomic mass is 19.4. The third kappa shape index (κ3) is 6.35. The van der Waals surface area contributed by atoms with Crippen LogP contribution in [0.3, 0.4) is 0 Å². The molecule has 0 atom stereocenters. The fourth-order valence-corrected chi connectivity index (χ4v) is 3.73. The molecule has 4 rings (SSSR count). The molecule has 11 heteroatoms. The van der Waals surface area contributed by atoms with Crippen LogP contribution in [-0.2, 0) is 19.3 Å². The number of unbranched alkanes of at least 4 members (excludes halogenated alkanes) is 1. The van der Waals surface area contributed by atoms with Crippen LogP contribution < -0.4 is 15.6 Å². The van der Waals surface area contributed by atoms with Gasteiger partial charge in [0.2, 0.25) is 0 Å². The summed E-state index contributed by atoms with van der Waals surface area (Å²) < 4.78 is 47.3. The van der Waals surface area contributed by atoms with Gasteiger partial charge in [0, 0.05) is 12.1 Å². The van der Waals surface area contributed by atoms with Crippen LogP contribution in [0.15, 0.2) is 65.8 Å². The Morgan fingerprint density at radius 2 is 1.92 bits per heavy atom. The molecule has 0 saturated heterocycles. The molecule has 0 fully saturated rings. The summed E-state index contributed by atoms with van der Waals surface area (Å²) in [6.45, 7) is 3.18. The second-order valence-electron chi connectivity index (χ2n) is 8.46. The van der Waals surface area contributed by atoms with Gasteiger partial charge in [0.25, 0.3) is 11.5 Å². The van der Waals surface area contributed by atoms with Crippen LogP contribution in [0.1, 0.15) is 41.3 Å². The van der Waals surface area contributed by atoms with Crippen LogP contribution >= 0.6 is 0 Å². The molecule has 4 aromatic rings. The normalized spacial score (nSPS) is 11.6. The van der Waals surface area contributed by atoms with Gasteiger partial charge in [0.15, 0.2) is 5.65 Å². The quantitative estimate of drug-likeness (QED) is 0.320. The number of alkyl halides is 3. The number of amides is 1. The average molecular weight is 514 g/mol. The van der Waals surface area contributed by atoms with Crippen molar-refractivity contribution in [3.05, 3.63) is 88.1 Å². The Kier molecular flexibility index (Phi) is 7.90. The maximum atomic E-state index is 13.0. The van der Waals surface area contributed by atoms with Gasteiger partial charge in [-0.2, -0.15) is 18.3 Å². The predicted octanol–water partition coefficient (Wildman–Crippen LogP) is 4.27. The number of rotatable bonds is 10. The molecule has 2 heterocycles. The molecule has 37 heavy (non-hydrogen) atoms. The summed E-state index contributed by atoms with van der Waals surface area (Å²) in [5.74, 6) is 0.450. The van der Waals surface area contributed by atoms with Crippen molar-refractivity contribution in [2.75, 3.05) is 13.2 Å². The highest BCUT2D eigenvalue weighted by Gasteiger charge is 2.30.